The van der Waals surface area contributed by atoms with Crippen molar-refractivity contribution in [3.8, 4) is 5.69 Å². The van der Waals surface area contributed by atoms with Gasteiger partial charge < -0.3 is 15.2 Å². The number of nitrogens with one attached hydrogen (secondary N) is 2. The van der Waals surface area contributed by atoms with E-state index in [0.29, 0.717) is 18.3 Å². The van der Waals surface area contributed by atoms with Crippen LogP contribution in [0, 0.1) is 6.92 Å². The summed E-state index contributed by atoms with van der Waals surface area (Å²) in [7, 11) is 0. The molecule has 8 nitrogen and oxygen atoms in total. The standard InChI is InChI=1S/C18H23N7O/c1-3-19-18(21-13-17-23-14(2)24-26-17)20-11-9-15-5-7-16(8-6-15)25-12-4-10-22-25/h4-8,10,12H,3,9,11,13H2,1-2H3,(H2,19,20,21). The van der Waals surface area contributed by atoms with E-state index >= 15 is 0 Å². The second-order valence-electron chi connectivity index (χ2n) is 5.72. The molecular formula is C18H23N7O. The Morgan fingerprint density at radius 1 is 1.23 bits per heavy atom. The van der Waals surface area contributed by atoms with E-state index in [9.17, 15) is 0 Å². The van der Waals surface area contributed by atoms with E-state index in [1.807, 2.05) is 23.9 Å². The molecule has 0 fully saturated rings. The van der Waals surface area contributed by atoms with Crippen LogP contribution in [0.25, 0.3) is 5.69 Å². The lowest BCUT2D eigenvalue weighted by atomic mass is 10.1. The third kappa shape index (κ3) is 4.92. The Balaban J connectivity index is 1.51. The molecule has 0 aliphatic heterocycles. The molecule has 26 heavy (non-hydrogen) atoms. The topological polar surface area (TPSA) is 93.2 Å². The van der Waals surface area contributed by atoms with Crippen LogP contribution in [0.5, 0.6) is 0 Å². The van der Waals surface area contributed by atoms with Crippen LogP contribution in [-0.2, 0) is 13.0 Å². The van der Waals surface area contributed by atoms with Gasteiger partial charge in [0, 0.05) is 25.5 Å². The van der Waals surface area contributed by atoms with Gasteiger partial charge in [0.2, 0.25) is 5.89 Å². The fraction of sp³-hybridized carbons (Fsp3) is 0.333. The first-order valence-corrected chi connectivity index (χ1v) is 8.65. The second kappa shape index (κ2) is 8.80. The zero-order valence-electron chi connectivity index (χ0n) is 15.0. The van der Waals surface area contributed by atoms with Gasteiger partial charge in [0.25, 0.3) is 0 Å². The Morgan fingerprint density at radius 3 is 2.73 bits per heavy atom. The van der Waals surface area contributed by atoms with E-state index in [1.165, 1.54) is 5.56 Å². The average molecular weight is 353 g/mol. The van der Waals surface area contributed by atoms with E-state index in [2.05, 4.69) is 55.1 Å². The Hall–Kier alpha value is -3.16. The number of hydrogen-bond acceptors (Lipinski definition) is 5. The number of aryl methyl sites for hydroxylation is 1. The summed E-state index contributed by atoms with van der Waals surface area (Å²) in [5, 5.41) is 14.5. The van der Waals surface area contributed by atoms with Crippen molar-refractivity contribution in [1.82, 2.24) is 30.6 Å². The number of aliphatic imine (C=N–C) groups is 1. The summed E-state index contributed by atoms with van der Waals surface area (Å²) < 4.78 is 6.92. The lowest BCUT2D eigenvalue weighted by molar-refractivity contribution is 0.376. The van der Waals surface area contributed by atoms with Crippen molar-refractivity contribution in [1.29, 1.82) is 0 Å². The maximum Gasteiger partial charge on any atom is 0.248 e. The van der Waals surface area contributed by atoms with Crippen LogP contribution in [0.4, 0.5) is 0 Å². The highest BCUT2D eigenvalue weighted by Gasteiger charge is 2.03. The minimum atomic E-state index is 0.356. The van der Waals surface area contributed by atoms with Crippen molar-refractivity contribution < 1.29 is 4.52 Å². The minimum Gasteiger partial charge on any atom is -0.357 e. The lowest BCUT2D eigenvalue weighted by Crippen LogP contribution is -2.38. The van der Waals surface area contributed by atoms with E-state index in [4.69, 9.17) is 4.52 Å². The Bertz CT molecular complexity index is 822. The van der Waals surface area contributed by atoms with Crippen molar-refractivity contribution in [3.05, 3.63) is 60.0 Å². The largest absolute Gasteiger partial charge is 0.357 e. The second-order valence-corrected chi connectivity index (χ2v) is 5.72. The number of guanidine groups is 1. The van der Waals surface area contributed by atoms with Gasteiger partial charge in [0.15, 0.2) is 11.8 Å². The Morgan fingerprint density at radius 2 is 2.08 bits per heavy atom. The number of rotatable bonds is 7. The maximum absolute atomic E-state index is 5.08. The lowest BCUT2D eigenvalue weighted by Gasteiger charge is -2.11. The van der Waals surface area contributed by atoms with E-state index in [0.717, 1.165) is 31.2 Å². The van der Waals surface area contributed by atoms with E-state index in [1.54, 1.807) is 13.1 Å². The average Bonchev–Trinajstić information content (AvgIpc) is 3.32. The Kier molecular flexibility index (Phi) is 5.97. The van der Waals surface area contributed by atoms with E-state index < -0.39 is 0 Å². The summed E-state index contributed by atoms with van der Waals surface area (Å²) in [6, 6.07) is 10.3. The fourth-order valence-corrected chi connectivity index (χ4v) is 2.45. The quantitative estimate of drug-likeness (QED) is 0.497. The van der Waals surface area contributed by atoms with Crippen LogP contribution in [-0.4, -0.2) is 39.0 Å². The summed E-state index contributed by atoms with van der Waals surface area (Å²) >= 11 is 0. The highest BCUT2D eigenvalue weighted by atomic mass is 16.5. The highest BCUT2D eigenvalue weighted by molar-refractivity contribution is 5.79. The molecule has 0 amide bonds. The summed E-state index contributed by atoms with van der Waals surface area (Å²) in [6.07, 6.45) is 4.60. The number of hydrogen-bond donors (Lipinski definition) is 2. The zero-order chi connectivity index (χ0) is 18.2. The molecule has 3 aromatic rings. The summed E-state index contributed by atoms with van der Waals surface area (Å²) in [5.74, 6) is 1.86. The van der Waals surface area contributed by atoms with Crippen LogP contribution in [0.15, 0.2) is 52.2 Å². The molecule has 0 aliphatic carbocycles. The highest BCUT2D eigenvalue weighted by Crippen LogP contribution is 2.08. The molecule has 3 rings (SSSR count). The molecular weight excluding hydrogens is 330 g/mol. The molecule has 0 spiro atoms. The molecule has 136 valence electrons. The van der Waals surface area contributed by atoms with Crippen LogP contribution in [0.2, 0.25) is 0 Å². The molecule has 0 bridgehead atoms. The van der Waals surface area contributed by atoms with Gasteiger partial charge in [-0.1, -0.05) is 17.3 Å². The van der Waals surface area contributed by atoms with Gasteiger partial charge >= 0.3 is 0 Å². The molecule has 0 radical (unpaired) electrons. The zero-order valence-corrected chi connectivity index (χ0v) is 15.0. The van der Waals surface area contributed by atoms with Crippen LogP contribution >= 0.6 is 0 Å². The molecule has 2 aromatic heterocycles. The SMILES string of the molecule is CCNC(=NCc1nc(C)no1)NCCc1ccc(-n2cccn2)cc1. The van der Waals surface area contributed by atoms with Gasteiger partial charge in [-0.3, -0.25) is 0 Å². The predicted octanol–water partition coefficient (Wildman–Crippen LogP) is 1.86. The van der Waals surface area contributed by atoms with Gasteiger partial charge in [0.1, 0.15) is 6.54 Å². The molecule has 0 aliphatic rings. The number of aromatic nitrogens is 4. The fourth-order valence-electron chi connectivity index (χ4n) is 2.45. The molecule has 0 atom stereocenters. The number of nitrogens with zero attached hydrogens (tertiary/aromatic N) is 5. The van der Waals surface area contributed by atoms with E-state index in [-0.39, 0.29) is 0 Å². The monoisotopic (exact) mass is 353 g/mol. The molecule has 8 heteroatoms. The van der Waals surface area contributed by atoms with Crippen molar-refractivity contribution in [2.24, 2.45) is 4.99 Å². The first-order valence-electron chi connectivity index (χ1n) is 8.65. The van der Waals surface area contributed by atoms with Crippen molar-refractivity contribution in [2.45, 2.75) is 26.8 Å². The summed E-state index contributed by atoms with van der Waals surface area (Å²) in [6.45, 7) is 5.73. The first kappa shape index (κ1) is 17.7. The summed E-state index contributed by atoms with van der Waals surface area (Å²) in [4.78, 5) is 8.62. The van der Waals surface area contributed by atoms with Crippen LogP contribution in [0.1, 0.15) is 24.2 Å². The molecule has 2 N–H and O–H groups in total. The molecule has 0 saturated heterocycles. The first-order chi connectivity index (χ1) is 12.7. The molecule has 0 unspecified atom stereocenters. The smallest absolute Gasteiger partial charge is 0.248 e. The maximum atomic E-state index is 5.08. The molecule has 0 saturated carbocycles. The minimum absolute atomic E-state index is 0.356. The van der Waals surface area contributed by atoms with Gasteiger partial charge in [-0.15, -0.1) is 0 Å². The van der Waals surface area contributed by atoms with Gasteiger partial charge in [-0.2, -0.15) is 10.1 Å². The Labute approximate surface area is 152 Å². The van der Waals surface area contributed by atoms with Crippen molar-refractivity contribution >= 4 is 5.96 Å². The van der Waals surface area contributed by atoms with Crippen LogP contribution in [0.3, 0.4) is 0 Å². The summed E-state index contributed by atoms with van der Waals surface area (Å²) in [5.41, 5.74) is 2.30. The van der Waals surface area contributed by atoms with Crippen molar-refractivity contribution in [3.63, 3.8) is 0 Å². The van der Waals surface area contributed by atoms with Crippen molar-refractivity contribution in [2.75, 3.05) is 13.1 Å². The molecule has 2 heterocycles. The van der Waals surface area contributed by atoms with Gasteiger partial charge in [-0.05, 0) is 44.0 Å². The normalized spacial score (nSPS) is 11.5. The number of benzene rings is 1. The van der Waals surface area contributed by atoms with Gasteiger partial charge in [-0.25, -0.2) is 9.67 Å². The van der Waals surface area contributed by atoms with Crippen LogP contribution < -0.4 is 10.6 Å². The van der Waals surface area contributed by atoms with Gasteiger partial charge in [0.05, 0.1) is 5.69 Å². The predicted molar refractivity (Wildman–Crippen MR) is 99.1 cm³/mol. The third-order valence-corrected chi connectivity index (χ3v) is 3.70. The third-order valence-electron chi connectivity index (χ3n) is 3.70. The molecule has 1 aromatic carbocycles.